The van der Waals surface area contributed by atoms with Crippen LogP contribution in [0.4, 0.5) is 30.7 Å². The van der Waals surface area contributed by atoms with Crippen molar-refractivity contribution in [1.82, 2.24) is 0 Å². The Morgan fingerprint density at radius 1 is 0.706 bits per heavy atom. The molecule has 0 heterocycles. The third kappa shape index (κ3) is 2.70. The molecule has 95 valence electrons. The van der Waals surface area contributed by atoms with Crippen molar-refractivity contribution in [2.75, 3.05) is 0 Å². The van der Waals surface area contributed by atoms with Crippen LogP contribution in [-0.4, -0.2) is 18.0 Å². The summed E-state index contributed by atoms with van der Waals surface area (Å²) in [5, 5.41) is 0. The zero-order valence-electron chi connectivity index (χ0n) is 8.11. The van der Waals surface area contributed by atoms with E-state index in [9.17, 15) is 30.7 Å². The van der Waals surface area contributed by atoms with Crippen molar-refractivity contribution in [3.8, 4) is 0 Å². The fourth-order valence-corrected chi connectivity index (χ4v) is 1.10. The zero-order chi connectivity index (χ0) is 13.3. The van der Waals surface area contributed by atoms with E-state index in [1.54, 1.807) is 0 Å². The Hall–Kier alpha value is -1.27. The van der Waals surface area contributed by atoms with Crippen molar-refractivity contribution >= 4 is 0 Å². The van der Waals surface area contributed by atoms with Gasteiger partial charge in [0.05, 0.1) is 0 Å². The first kappa shape index (κ1) is 13.8. The first-order valence-corrected chi connectivity index (χ1v) is 4.31. The van der Waals surface area contributed by atoms with E-state index in [0.717, 1.165) is 12.1 Å². The van der Waals surface area contributed by atoms with Gasteiger partial charge in [0.1, 0.15) is 0 Å². The predicted molar refractivity (Wildman–Crippen MR) is 45.8 cm³/mol. The van der Waals surface area contributed by atoms with E-state index in [0.29, 0.717) is 0 Å². The number of hydrogen-bond acceptors (Lipinski definition) is 0. The molecule has 1 aromatic carbocycles. The lowest BCUT2D eigenvalue weighted by molar-refractivity contribution is -0.327. The fraction of sp³-hybridized carbons (Fsp3) is 0.300. The van der Waals surface area contributed by atoms with E-state index >= 15 is 0 Å². The molecule has 0 N–H and O–H groups in total. The van der Waals surface area contributed by atoms with E-state index in [4.69, 9.17) is 0 Å². The monoisotopic (exact) mass is 259 g/mol. The first-order chi connectivity index (χ1) is 7.58. The van der Waals surface area contributed by atoms with Gasteiger partial charge in [0, 0.05) is 6.42 Å². The molecule has 1 aromatic rings. The Morgan fingerprint density at radius 2 is 1.12 bits per heavy atom. The molecule has 17 heavy (non-hydrogen) atoms. The maximum atomic E-state index is 13.2. The van der Waals surface area contributed by atoms with Gasteiger partial charge in [0.25, 0.3) is 0 Å². The van der Waals surface area contributed by atoms with Crippen LogP contribution in [0, 0.1) is 6.42 Å². The van der Waals surface area contributed by atoms with Gasteiger partial charge in [-0.15, -0.1) is 0 Å². The third-order valence-electron chi connectivity index (χ3n) is 1.99. The minimum absolute atomic E-state index is 0.479. The lowest BCUT2D eigenvalue weighted by Gasteiger charge is -2.29. The largest absolute Gasteiger partial charge is 0.432 e. The molecule has 0 aliphatic carbocycles. The van der Waals surface area contributed by atoms with Gasteiger partial charge in [-0.25, -0.2) is 4.39 Å². The van der Waals surface area contributed by atoms with E-state index in [1.807, 2.05) is 0 Å². The molecule has 7 heteroatoms. The summed E-state index contributed by atoms with van der Waals surface area (Å²) in [6.07, 6.45) is -12.6. The third-order valence-corrected chi connectivity index (χ3v) is 1.99. The Labute approximate surface area is 92.0 Å². The highest BCUT2D eigenvalue weighted by atomic mass is 19.4. The molecule has 0 nitrogen and oxygen atoms in total. The average molecular weight is 259 g/mol. The average Bonchev–Trinajstić information content (AvgIpc) is 2.15. The SMILES string of the molecule is FC(F)(F)C(F)([CH]c1ccccc1)C(F)(F)F. The zero-order valence-corrected chi connectivity index (χ0v) is 8.11. The lowest BCUT2D eigenvalue weighted by atomic mass is 9.95. The molecule has 1 rings (SSSR count). The Morgan fingerprint density at radius 3 is 1.47 bits per heavy atom. The topological polar surface area (TPSA) is 0 Å². The normalized spacial score (nSPS) is 13.8. The second-order valence-corrected chi connectivity index (χ2v) is 3.26. The summed E-state index contributed by atoms with van der Waals surface area (Å²) < 4.78 is 86.1. The van der Waals surface area contributed by atoms with Crippen LogP contribution in [0.2, 0.25) is 0 Å². The predicted octanol–water partition coefficient (Wildman–Crippen LogP) is 4.07. The molecular weight excluding hydrogens is 253 g/mol. The quantitative estimate of drug-likeness (QED) is 0.702. The van der Waals surface area contributed by atoms with E-state index < -0.39 is 30.0 Å². The van der Waals surface area contributed by atoms with Crippen LogP contribution in [0.25, 0.3) is 0 Å². The highest BCUT2D eigenvalue weighted by molar-refractivity contribution is 5.29. The summed E-state index contributed by atoms with van der Waals surface area (Å²) in [5.41, 5.74) is -5.84. The summed E-state index contributed by atoms with van der Waals surface area (Å²) in [7, 11) is 0. The molecule has 0 unspecified atom stereocenters. The van der Waals surface area contributed by atoms with Crippen molar-refractivity contribution in [2.24, 2.45) is 0 Å². The number of rotatable bonds is 2. The maximum Gasteiger partial charge on any atom is 0.432 e. The van der Waals surface area contributed by atoms with Crippen LogP contribution in [0.3, 0.4) is 0 Å². The maximum absolute atomic E-state index is 13.2. The minimum Gasteiger partial charge on any atom is -0.223 e. The fourth-order valence-electron chi connectivity index (χ4n) is 1.10. The summed E-state index contributed by atoms with van der Waals surface area (Å²) in [6, 6.07) is 5.70. The standard InChI is InChI=1S/C10H6F7/c11-8(9(12,13)14,10(15,16)17)6-7-4-2-1-3-5-7/h1-6H. The molecular formula is C10H6F7. The highest BCUT2D eigenvalue weighted by Gasteiger charge is 2.72. The van der Waals surface area contributed by atoms with Gasteiger partial charge in [-0.3, -0.25) is 0 Å². The van der Waals surface area contributed by atoms with Gasteiger partial charge in [0.15, 0.2) is 0 Å². The second kappa shape index (κ2) is 4.19. The van der Waals surface area contributed by atoms with Crippen LogP contribution in [0.15, 0.2) is 30.3 Å². The van der Waals surface area contributed by atoms with Crippen LogP contribution in [-0.2, 0) is 0 Å². The summed E-state index contributed by atoms with van der Waals surface area (Å²) in [5.74, 6) is 0. The molecule has 0 atom stereocenters. The molecule has 0 fully saturated rings. The molecule has 0 aromatic heterocycles. The minimum atomic E-state index is -6.05. The van der Waals surface area contributed by atoms with Crippen molar-refractivity contribution in [3.05, 3.63) is 42.3 Å². The van der Waals surface area contributed by atoms with Crippen LogP contribution in [0.1, 0.15) is 5.56 Å². The van der Waals surface area contributed by atoms with Crippen molar-refractivity contribution in [2.45, 2.75) is 18.0 Å². The molecule has 0 spiro atoms. The summed E-state index contributed by atoms with van der Waals surface area (Å²) in [4.78, 5) is 0. The van der Waals surface area contributed by atoms with Gasteiger partial charge in [-0.05, 0) is 5.56 Å². The van der Waals surface area contributed by atoms with Crippen LogP contribution in [0.5, 0.6) is 0 Å². The van der Waals surface area contributed by atoms with Gasteiger partial charge >= 0.3 is 18.0 Å². The molecule has 0 saturated heterocycles. The van der Waals surface area contributed by atoms with Crippen molar-refractivity contribution in [1.29, 1.82) is 0 Å². The van der Waals surface area contributed by atoms with Gasteiger partial charge in [-0.1, -0.05) is 30.3 Å². The highest BCUT2D eigenvalue weighted by Crippen LogP contribution is 2.48. The number of benzene rings is 1. The molecule has 0 aliphatic heterocycles. The molecule has 0 bridgehead atoms. The van der Waals surface area contributed by atoms with E-state index in [-0.39, 0.29) is 0 Å². The van der Waals surface area contributed by atoms with Crippen LogP contribution >= 0.6 is 0 Å². The Bertz CT molecular complexity index is 348. The number of hydrogen-bond donors (Lipinski definition) is 0. The number of halogens is 7. The van der Waals surface area contributed by atoms with Gasteiger partial charge in [0.2, 0.25) is 0 Å². The number of alkyl halides is 7. The van der Waals surface area contributed by atoms with Crippen molar-refractivity contribution < 1.29 is 30.7 Å². The molecule has 0 saturated carbocycles. The molecule has 1 radical (unpaired) electrons. The Balaban J connectivity index is 3.11. The lowest BCUT2D eigenvalue weighted by Crippen LogP contribution is -2.53. The Kier molecular flexibility index (Phi) is 3.40. The van der Waals surface area contributed by atoms with Crippen LogP contribution < -0.4 is 0 Å². The smallest absolute Gasteiger partial charge is 0.223 e. The van der Waals surface area contributed by atoms with Gasteiger partial charge < -0.3 is 0 Å². The van der Waals surface area contributed by atoms with E-state index in [1.165, 1.54) is 18.2 Å². The van der Waals surface area contributed by atoms with E-state index in [2.05, 4.69) is 0 Å². The van der Waals surface area contributed by atoms with Gasteiger partial charge in [-0.2, -0.15) is 26.3 Å². The molecule has 0 aliphatic rings. The summed E-state index contributed by atoms with van der Waals surface area (Å²) in [6.45, 7) is 0. The first-order valence-electron chi connectivity index (χ1n) is 4.31. The second-order valence-electron chi connectivity index (χ2n) is 3.26. The van der Waals surface area contributed by atoms with Crippen molar-refractivity contribution in [3.63, 3.8) is 0 Å². The molecule has 0 amide bonds. The summed E-state index contributed by atoms with van der Waals surface area (Å²) >= 11 is 0.